The molecule has 0 radical (unpaired) electrons. The largest absolute Gasteiger partial charge is 0.383 e. The van der Waals surface area contributed by atoms with Gasteiger partial charge in [-0.1, -0.05) is 236 Å². The van der Waals surface area contributed by atoms with E-state index in [2.05, 4.69) is 263 Å². The molecule has 0 aliphatic carbocycles. The normalized spacial score (nSPS) is 12.2. The molecule has 0 aliphatic rings. The number of amidine groups is 2. The van der Waals surface area contributed by atoms with Crippen molar-refractivity contribution in [2.24, 2.45) is 15.7 Å². The standard InChI is InChI=1S/C62H53N3/c1-45-40-46(2)58(47(3)41-45)44-64-60(49-25-23-39-57(43-49)62(53-32-16-7-17-33-53,54-34-18-8-19-35-54)55-36-20-9-21-37-55)65-59(63)48-24-22-38-56(42-48)61(50-26-10-4-11-27-50,51-28-12-5-13-29-51)52-30-14-6-15-31-52/h4-43H,44H2,1-3H3,(H2,63,64,65). The maximum absolute atomic E-state index is 7.28. The Hall–Kier alpha value is -7.88. The number of aryl methyl sites for hydroxylation is 3. The lowest BCUT2D eigenvalue weighted by molar-refractivity contribution is 0.745. The molecule has 3 nitrogen and oxygen atoms in total. The molecule has 0 saturated heterocycles. The fourth-order valence-electron chi connectivity index (χ4n) is 9.92. The van der Waals surface area contributed by atoms with Gasteiger partial charge < -0.3 is 5.73 Å². The molecule has 0 amide bonds. The lowest BCUT2D eigenvalue weighted by Crippen LogP contribution is -2.31. The van der Waals surface area contributed by atoms with Crippen LogP contribution in [0.2, 0.25) is 0 Å². The summed E-state index contributed by atoms with van der Waals surface area (Å²) in [6.07, 6.45) is 0. The van der Waals surface area contributed by atoms with Crippen LogP contribution in [-0.2, 0) is 17.4 Å². The van der Waals surface area contributed by atoms with Crippen molar-refractivity contribution in [3.05, 3.63) is 321 Å². The zero-order chi connectivity index (χ0) is 44.6. The molecule has 2 N–H and O–H groups in total. The SMILES string of the molecule is Cc1cc(C)c(CN=C(N=C(N)c2cccc(C(c3ccccc3)(c3ccccc3)c3ccccc3)c2)c2cccc(C(c3ccccc3)(c3ccccc3)c3ccccc3)c2)c(C)c1. The summed E-state index contributed by atoms with van der Waals surface area (Å²) in [6.45, 7) is 6.93. The lowest BCUT2D eigenvalue weighted by Gasteiger charge is -2.37. The smallest absolute Gasteiger partial charge is 0.157 e. The van der Waals surface area contributed by atoms with Crippen LogP contribution in [-0.4, -0.2) is 11.7 Å². The second-order valence-corrected chi connectivity index (χ2v) is 16.9. The first-order valence-electron chi connectivity index (χ1n) is 22.4. The van der Waals surface area contributed by atoms with E-state index in [1.54, 1.807) is 0 Å². The highest BCUT2D eigenvalue weighted by molar-refractivity contribution is 6.11. The van der Waals surface area contributed by atoms with Crippen LogP contribution < -0.4 is 5.73 Å². The zero-order valence-corrected chi connectivity index (χ0v) is 37.3. The van der Waals surface area contributed by atoms with E-state index in [0.717, 1.165) is 55.6 Å². The van der Waals surface area contributed by atoms with Gasteiger partial charge in [-0.25, -0.2) is 4.99 Å². The molecule has 9 rings (SSSR count). The van der Waals surface area contributed by atoms with Crippen molar-refractivity contribution in [3.8, 4) is 0 Å². The fourth-order valence-corrected chi connectivity index (χ4v) is 9.92. The molecule has 0 heterocycles. The average molecular weight is 840 g/mol. The van der Waals surface area contributed by atoms with Crippen LogP contribution in [0.3, 0.4) is 0 Å². The van der Waals surface area contributed by atoms with Gasteiger partial charge in [0.15, 0.2) is 5.84 Å². The summed E-state index contributed by atoms with van der Waals surface area (Å²) in [4.78, 5) is 10.7. The fraction of sp³-hybridized carbons (Fsp3) is 0.0968. The van der Waals surface area contributed by atoms with Gasteiger partial charge in [0.1, 0.15) is 5.84 Å². The molecule has 0 saturated carbocycles. The van der Waals surface area contributed by atoms with E-state index in [9.17, 15) is 0 Å². The van der Waals surface area contributed by atoms with Crippen LogP contribution in [0.25, 0.3) is 0 Å². The predicted molar refractivity (Wildman–Crippen MR) is 271 cm³/mol. The van der Waals surface area contributed by atoms with Gasteiger partial charge in [0.25, 0.3) is 0 Å². The third-order valence-electron chi connectivity index (χ3n) is 12.8. The highest BCUT2D eigenvalue weighted by Gasteiger charge is 2.40. The molecule has 3 heteroatoms. The maximum atomic E-state index is 7.28. The van der Waals surface area contributed by atoms with E-state index in [1.807, 2.05) is 0 Å². The van der Waals surface area contributed by atoms with E-state index in [1.165, 1.54) is 22.3 Å². The van der Waals surface area contributed by atoms with Gasteiger partial charge in [-0.3, -0.25) is 4.99 Å². The van der Waals surface area contributed by atoms with Crippen molar-refractivity contribution in [1.82, 2.24) is 0 Å². The molecule has 0 aromatic heterocycles. The van der Waals surface area contributed by atoms with Gasteiger partial charge >= 0.3 is 0 Å². The molecule has 0 spiro atoms. The van der Waals surface area contributed by atoms with Crippen LogP contribution in [0.15, 0.2) is 253 Å². The molecule has 0 atom stereocenters. The molecule has 0 fully saturated rings. The Balaban J connectivity index is 1.25. The average Bonchev–Trinajstić information content (AvgIpc) is 3.36. The molecule has 0 bridgehead atoms. The van der Waals surface area contributed by atoms with E-state index in [4.69, 9.17) is 15.7 Å². The minimum Gasteiger partial charge on any atom is -0.383 e. The van der Waals surface area contributed by atoms with E-state index in [0.29, 0.717) is 18.2 Å². The zero-order valence-electron chi connectivity index (χ0n) is 37.3. The first-order chi connectivity index (χ1) is 31.9. The first-order valence-corrected chi connectivity index (χ1v) is 22.4. The topological polar surface area (TPSA) is 50.7 Å². The molecular weight excluding hydrogens is 787 g/mol. The number of rotatable bonds is 12. The Morgan fingerprint density at radius 1 is 0.369 bits per heavy atom. The van der Waals surface area contributed by atoms with Crippen molar-refractivity contribution in [1.29, 1.82) is 0 Å². The molecule has 9 aromatic carbocycles. The summed E-state index contributed by atoms with van der Waals surface area (Å²) in [5.41, 5.74) is 21.7. The van der Waals surface area contributed by atoms with Crippen LogP contribution in [0, 0.1) is 20.8 Å². The van der Waals surface area contributed by atoms with Crippen molar-refractivity contribution in [3.63, 3.8) is 0 Å². The second-order valence-electron chi connectivity index (χ2n) is 16.9. The number of nitrogens with zero attached hydrogens (tertiary/aromatic N) is 2. The van der Waals surface area contributed by atoms with E-state index >= 15 is 0 Å². The van der Waals surface area contributed by atoms with Crippen LogP contribution in [0.1, 0.15) is 77.9 Å². The van der Waals surface area contributed by atoms with Crippen molar-refractivity contribution >= 4 is 11.7 Å². The minimum absolute atomic E-state index is 0.386. The van der Waals surface area contributed by atoms with Crippen molar-refractivity contribution < 1.29 is 0 Å². The molecule has 9 aromatic rings. The van der Waals surface area contributed by atoms with Gasteiger partial charge in [0, 0.05) is 11.1 Å². The highest BCUT2D eigenvalue weighted by Crippen LogP contribution is 2.47. The Bertz CT molecular complexity index is 2850. The van der Waals surface area contributed by atoms with Gasteiger partial charge in [-0.15, -0.1) is 0 Å². The van der Waals surface area contributed by atoms with Crippen LogP contribution in [0.5, 0.6) is 0 Å². The maximum Gasteiger partial charge on any atom is 0.157 e. The summed E-state index contributed by atoms with van der Waals surface area (Å²) in [7, 11) is 0. The monoisotopic (exact) mass is 839 g/mol. The van der Waals surface area contributed by atoms with Gasteiger partial charge in [-0.2, -0.15) is 0 Å². The summed E-state index contributed by atoms with van der Waals surface area (Å²) in [5.74, 6) is 0.953. The number of benzene rings is 9. The van der Waals surface area contributed by atoms with E-state index in [-0.39, 0.29) is 0 Å². The Labute approximate surface area is 384 Å². The Morgan fingerprint density at radius 3 is 1.03 bits per heavy atom. The van der Waals surface area contributed by atoms with Crippen LogP contribution in [0.4, 0.5) is 0 Å². The highest BCUT2D eigenvalue weighted by atomic mass is 15.0. The Kier molecular flexibility index (Phi) is 12.3. The number of hydrogen-bond acceptors (Lipinski definition) is 1. The Morgan fingerprint density at radius 2 is 0.677 bits per heavy atom. The minimum atomic E-state index is -0.645. The summed E-state index contributed by atoms with van der Waals surface area (Å²) in [6, 6.07) is 86.4. The number of aliphatic imine (C=N–C) groups is 2. The molecular formula is C62H53N3. The van der Waals surface area contributed by atoms with Crippen molar-refractivity contribution in [2.45, 2.75) is 38.1 Å². The summed E-state index contributed by atoms with van der Waals surface area (Å²) in [5, 5.41) is 0. The third kappa shape index (κ3) is 8.25. The number of nitrogens with two attached hydrogens (primary N) is 1. The van der Waals surface area contributed by atoms with Crippen LogP contribution >= 0.6 is 0 Å². The predicted octanol–water partition coefficient (Wildman–Crippen LogP) is 13.7. The second kappa shape index (κ2) is 18.8. The van der Waals surface area contributed by atoms with Gasteiger partial charge in [-0.05, 0) is 94.1 Å². The molecule has 0 unspecified atom stereocenters. The lowest BCUT2D eigenvalue weighted by atomic mass is 9.65. The van der Waals surface area contributed by atoms with Gasteiger partial charge in [0.2, 0.25) is 0 Å². The quantitative estimate of drug-likeness (QED) is 0.0744. The molecule has 65 heavy (non-hydrogen) atoms. The third-order valence-corrected chi connectivity index (χ3v) is 12.8. The number of hydrogen-bond donors (Lipinski definition) is 1. The van der Waals surface area contributed by atoms with Gasteiger partial charge in [0.05, 0.1) is 17.4 Å². The molecule has 0 aliphatic heterocycles. The summed E-state index contributed by atoms with van der Waals surface area (Å²) < 4.78 is 0. The van der Waals surface area contributed by atoms with E-state index < -0.39 is 10.8 Å². The van der Waals surface area contributed by atoms with Crippen molar-refractivity contribution in [2.75, 3.05) is 0 Å². The summed E-state index contributed by atoms with van der Waals surface area (Å²) >= 11 is 0. The molecule has 316 valence electrons. The first kappa shape index (κ1) is 42.4.